The molecule has 0 radical (unpaired) electrons. The lowest BCUT2D eigenvalue weighted by atomic mass is 9.42. The van der Waals surface area contributed by atoms with Crippen molar-refractivity contribution in [2.75, 3.05) is 14.1 Å². The number of amides is 1. The van der Waals surface area contributed by atoms with Crippen LogP contribution in [0.4, 0.5) is 0 Å². The summed E-state index contributed by atoms with van der Waals surface area (Å²) in [6.45, 7) is 9.46. The van der Waals surface area contributed by atoms with E-state index in [-0.39, 0.29) is 36.1 Å². The standard InChI is InChI=1S/C34H41N3O7/c1-31(2,3)18-10-8-16(9-11-18)19-12-17(14-35)24(38)21-20(19)13-32(4)15-33(5)27(37(6)7)26(40)22(30(36)43)28(41)34(33,44)29(42)23(32)25(21)39/h8-12,22-23,27,38,44H,13-15,35H2,1-7H3,(H2,36,43)/t22?,23?,27-,32+,33+,34-/m1/s1. The predicted molar refractivity (Wildman–Crippen MR) is 163 cm³/mol. The Morgan fingerprint density at radius 2 is 1.64 bits per heavy atom. The van der Waals surface area contributed by atoms with E-state index >= 15 is 0 Å². The third-order valence-electron chi connectivity index (χ3n) is 10.3. The number of primary amides is 1. The first-order chi connectivity index (χ1) is 20.3. The predicted octanol–water partition coefficient (Wildman–Crippen LogP) is 2.07. The van der Waals surface area contributed by atoms with Crippen LogP contribution in [0.25, 0.3) is 11.1 Å². The number of fused-ring (bicyclic) bond motifs is 3. The molecule has 2 saturated carbocycles. The second-order valence-electron chi connectivity index (χ2n) is 14.6. The number of likely N-dealkylation sites (N-methyl/N-ethyl adjacent to an activating group) is 1. The maximum absolute atomic E-state index is 14.5. The molecular formula is C34H41N3O7. The minimum Gasteiger partial charge on any atom is -0.507 e. The summed E-state index contributed by atoms with van der Waals surface area (Å²) in [6, 6.07) is 8.44. The number of nitrogens with two attached hydrogens (primary N) is 2. The molecule has 0 aromatic heterocycles. The summed E-state index contributed by atoms with van der Waals surface area (Å²) in [4.78, 5) is 70.1. The van der Waals surface area contributed by atoms with Gasteiger partial charge >= 0.3 is 0 Å². The molecule has 3 aliphatic carbocycles. The van der Waals surface area contributed by atoms with E-state index in [4.69, 9.17) is 11.5 Å². The number of phenols is 1. The van der Waals surface area contributed by atoms with Gasteiger partial charge in [-0.25, -0.2) is 0 Å². The van der Waals surface area contributed by atoms with E-state index < -0.39 is 63.3 Å². The van der Waals surface area contributed by atoms with E-state index in [1.54, 1.807) is 27.1 Å². The Kier molecular flexibility index (Phi) is 7.12. The Hall–Kier alpha value is -3.73. The fraction of sp³-hybridized carbons (Fsp3) is 0.500. The molecule has 2 fully saturated rings. The summed E-state index contributed by atoms with van der Waals surface area (Å²) >= 11 is 0. The van der Waals surface area contributed by atoms with Crippen molar-refractivity contribution in [2.45, 2.75) is 71.1 Å². The molecule has 3 aliphatic rings. The number of carbonyl (C=O) groups excluding carboxylic acids is 5. The summed E-state index contributed by atoms with van der Waals surface area (Å²) in [5, 5.41) is 23.4. The highest BCUT2D eigenvalue weighted by Gasteiger charge is 2.76. The van der Waals surface area contributed by atoms with Crippen molar-refractivity contribution in [3.8, 4) is 16.9 Å². The van der Waals surface area contributed by atoms with Gasteiger partial charge in [0, 0.05) is 17.5 Å². The number of Topliss-reactive ketones (excluding diaryl/α,β-unsaturated/α-hetero) is 4. The van der Waals surface area contributed by atoms with Gasteiger partial charge in [0.15, 0.2) is 34.7 Å². The first kappa shape index (κ1) is 31.7. The van der Waals surface area contributed by atoms with Crippen LogP contribution in [-0.4, -0.2) is 69.9 Å². The second-order valence-corrected chi connectivity index (χ2v) is 14.6. The Morgan fingerprint density at radius 3 is 2.14 bits per heavy atom. The molecule has 0 spiro atoms. The average Bonchev–Trinajstić information content (AvgIpc) is 2.90. The number of benzene rings is 2. The molecule has 10 heteroatoms. The lowest BCUT2D eigenvalue weighted by Gasteiger charge is -2.61. The van der Waals surface area contributed by atoms with Crippen molar-refractivity contribution < 1.29 is 34.2 Å². The SMILES string of the molecule is CN(C)[C@@H]1C(=O)C(C(N)=O)C(=O)[C@@]2(O)C(=O)C3C(=O)c4c(O)c(CN)cc(-c5ccc(C(C)(C)C)cc5)c4C[C@@]3(C)C[C@@]12C. The van der Waals surface area contributed by atoms with Crippen LogP contribution in [0.1, 0.15) is 68.1 Å². The van der Waals surface area contributed by atoms with Crippen molar-refractivity contribution in [3.05, 3.63) is 52.6 Å². The van der Waals surface area contributed by atoms with Crippen molar-refractivity contribution in [1.82, 2.24) is 4.90 Å². The highest BCUT2D eigenvalue weighted by molar-refractivity contribution is 6.33. The van der Waals surface area contributed by atoms with E-state index in [0.717, 1.165) is 11.1 Å². The zero-order valence-corrected chi connectivity index (χ0v) is 26.3. The van der Waals surface area contributed by atoms with Gasteiger partial charge in [0.05, 0.1) is 17.5 Å². The fourth-order valence-corrected chi connectivity index (χ4v) is 8.40. The number of hydrogen-bond acceptors (Lipinski definition) is 9. The number of carbonyl (C=O) groups is 5. The maximum atomic E-state index is 14.5. The quantitative estimate of drug-likeness (QED) is 0.380. The van der Waals surface area contributed by atoms with E-state index in [2.05, 4.69) is 20.8 Å². The van der Waals surface area contributed by atoms with Crippen LogP contribution >= 0.6 is 0 Å². The number of ketones is 4. The molecule has 0 heterocycles. The number of hydrogen-bond donors (Lipinski definition) is 4. The van der Waals surface area contributed by atoms with Gasteiger partial charge in [-0.1, -0.05) is 58.9 Å². The van der Waals surface area contributed by atoms with Crippen LogP contribution in [0.3, 0.4) is 0 Å². The Bertz CT molecular complexity index is 1640. The number of rotatable bonds is 4. The number of aromatic hydroxyl groups is 1. The topological polar surface area (TPSA) is 181 Å². The van der Waals surface area contributed by atoms with Gasteiger partial charge in [-0.3, -0.25) is 28.9 Å². The zero-order valence-electron chi connectivity index (χ0n) is 26.3. The molecule has 6 N–H and O–H groups in total. The Morgan fingerprint density at radius 1 is 1.05 bits per heavy atom. The van der Waals surface area contributed by atoms with Crippen molar-refractivity contribution in [3.63, 3.8) is 0 Å². The highest BCUT2D eigenvalue weighted by Crippen LogP contribution is 2.62. The van der Waals surface area contributed by atoms with Gasteiger partial charge in [-0.05, 0) is 66.1 Å². The van der Waals surface area contributed by atoms with Crippen LogP contribution in [0.2, 0.25) is 0 Å². The molecule has 44 heavy (non-hydrogen) atoms. The molecule has 6 atom stereocenters. The van der Waals surface area contributed by atoms with Gasteiger partial charge in [-0.2, -0.15) is 0 Å². The zero-order chi connectivity index (χ0) is 32.9. The summed E-state index contributed by atoms with van der Waals surface area (Å²) in [5.74, 6) is -9.11. The summed E-state index contributed by atoms with van der Waals surface area (Å²) in [5.41, 5.74) is 8.99. The molecule has 2 unspecified atom stereocenters. The molecule has 0 bridgehead atoms. The van der Waals surface area contributed by atoms with E-state index in [1.165, 1.54) is 11.8 Å². The maximum Gasteiger partial charge on any atom is 0.235 e. The lowest BCUT2D eigenvalue weighted by molar-refractivity contribution is -0.203. The second kappa shape index (κ2) is 9.89. The van der Waals surface area contributed by atoms with Gasteiger partial charge < -0.3 is 21.7 Å². The fourth-order valence-electron chi connectivity index (χ4n) is 8.40. The van der Waals surface area contributed by atoms with Crippen molar-refractivity contribution in [1.29, 1.82) is 0 Å². The monoisotopic (exact) mass is 603 g/mol. The van der Waals surface area contributed by atoms with Gasteiger partial charge in [-0.15, -0.1) is 0 Å². The van der Waals surface area contributed by atoms with Crippen LogP contribution in [0, 0.1) is 22.7 Å². The molecular weight excluding hydrogens is 562 g/mol. The van der Waals surface area contributed by atoms with Crippen molar-refractivity contribution in [2.24, 2.45) is 34.1 Å². The molecule has 0 aliphatic heterocycles. The van der Waals surface area contributed by atoms with E-state index in [0.29, 0.717) is 16.7 Å². The first-order valence-electron chi connectivity index (χ1n) is 14.8. The van der Waals surface area contributed by atoms with Gasteiger partial charge in [0.1, 0.15) is 5.75 Å². The average molecular weight is 604 g/mol. The van der Waals surface area contributed by atoms with E-state index in [1.807, 2.05) is 24.3 Å². The minimum atomic E-state index is -2.85. The number of phenolic OH excluding ortho intramolecular Hbond substituents is 1. The summed E-state index contributed by atoms with van der Waals surface area (Å²) < 4.78 is 0. The molecule has 1 amide bonds. The first-order valence-corrected chi connectivity index (χ1v) is 14.8. The number of nitrogens with zero attached hydrogens (tertiary/aromatic N) is 1. The highest BCUT2D eigenvalue weighted by atomic mass is 16.3. The van der Waals surface area contributed by atoms with Crippen LogP contribution in [0.5, 0.6) is 5.75 Å². The molecule has 2 aromatic carbocycles. The normalized spacial score (nSPS) is 31.9. The lowest BCUT2D eigenvalue weighted by Crippen LogP contribution is -2.79. The largest absolute Gasteiger partial charge is 0.507 e. The molecule has 0 saturated heterocycles. The third-order valence-corrected chi connectivity index (χ3v) is 10.3. The van der Waals surface area contributed by atoms with Crippen LogP contribution in [-0.2, 0) is 37.6 Å². The summed E-state index contributed by atoms with van der Waals surface area (Å²) in [7, 11) is 3.13. The van der Waals surface area contributed by atoms with E-state index in [9.17, 15) is 34.2 Å². The molecule has 234 valence electrons. The minimum absolute atomic E-state index is 0.0687. The molecule has 5 rings (SSSR count). The third kappa shape index (κ3) is 4.07. The van der Waals surface area contributed by atoms with Gasteiger partial charge in [0.25, 0.3) is 0 Å². The molecule has 10 nitrogen and oxygen atoms in total. The van der Waals surface area contributed by atoms with Crippen LogP contribution < -0.4 is 11.5 Å². The Balaban J connectivity index is 1.75. The number of aliphatic hydroxyl groups is 1. The summed E-state index contributed by atoms with van der Waals surface area (Å²) in [6.07, 6.45) is 0.0540. The van der Waals surface area contributed by atoms with Gasteiger partial charge in [0.2, 0.25) is 5.91 Å². The molecule has 2 aromatic rings. The Labute approximate surface area is 256 Å². The smallest absolute Gasteiger partial charge is 0.235 e. The van der Waals surface area contributed by atoms with Crippen LogP contribution in [0.15, 0.2) is 30.3 Å². The van der Waals surface area contributed by atoms with Crippen molar-refractivity contribution >= 4 is 29.0 Å².